The summed E-state index contributed by atoms with van der Waals surface area (Å²) in [5.41, 5.74) is 3.69. The van der Waals surface area contributed by atoms with E-state index < -0.39 is 11.9 Å². The van der Waals surface area contributed by atoms with Crippen LogP contribution in [0.1, 0.15) is 18.2 Å². The number of fused-ring (bicyclic) bond motifs is 1. The maximum atomic E-state index is 14.8. The van der Waals surface area contributed by atoms with E-state index in [1.807, 2.05) is 19.9 Å². The molecule has 0 spiro atoms. The first-order valence-corrected chi connectivity index (χ1v) is 10.3. The van der Waals surface area contributed by atoms with E-state index in [9.17, 15) is 14.3 Å². The van der Waals surface area contributed by atoms with E-state index in [1.54, 1.807) is 40.7 Å². The molecule has 0 aliphatic carbocycles. The predicted octanol–water partition coefficient (Wildman–Crippen LogP) is 3.62. The maximum Gasteiger partial charge on any atom is 0.247 e. The average Bonchev–Trinajstić information content (AvgIpc) is 3.28. The van der Waals surface area contributed by atoms with Crippen molar-refractivity contribution in [1.82, 2.24) is 24.3 Å². The summed E-state index contributed by atoms with van der Waals surface area (Å²) in [4.78, 5) is 20.1. The van der Waals surface area contributed by atoms with Gasteiger partial charge in [-0.05, 0) is 50.6 Å². The van der Waals surface area contributed by atoms with Gasteiger partial charge in [-0.2, -0.15) is 10.1 Å². The van der Waals surface area contributed by atoms with Gasteiger partial charge in [-0.25, -0.2) is 9.37 Å². The number of hydrogen-bond donors (Lipinski definition) is 3. The van der Waals surface area contributed by atoms with Crippen LogP contribution in [0.4, 0.5) is 21.7 Å². The van der Waals surface area contributed by atoms with Crippen LogP contribution in [-0.4, -0.2) is 41.4 Å². The van der Waals surface area contributed by atoms with Gasteiger partial charge in [-0.1, -0.05) is 6.58 Å². The Morgan fingerprint density at radius 3 is 2.85 bits per heavy atom. The second-order valence-electron chi connectivity index (χ2n) is 7.77. The molecule has 3 N–H and O–H groups in total. The van der Waals surface area contributed by atoms with Gasteiger partial charge in [0.15, 0.2) is 11.6 Å². The van der Waals surface area contributed by atoms with Crippen LogP contribution in [0.2, 0.25) is 0 Å². The number of rotatable bonds is 7. The fraction of sp³-hybridized carbons (Fsp3) is 0.217. The van der Waals surface area contributed by atoms with Gasteiger partial charge in [0.2, 0.25) is 11.9 Å². The highest BCUT2D eigenvalue weighted by molar-refractivity contribution is 6.00. The zero-order valence-electron chi connectivity index (χ0n) is 18.5. The van der Waals surface area contributed by atoms with Gasteiger partial charge in [0.25, 0.3) is 0 Å². The highest BCUT2D eigenvalue weighted by Crippen LogP contribution is 2.28. The number of aliphatic hydroxyl groups excluding tert-OH is 1. The molecule has 10 heteroatoms. The van der Waals surface area contributed by atoms with Crippen molar-refractivity contribution in [2.24, 2.45) is 0 Å². The van der Waals surface area contributed by atoms with E-state index in [4.69, 9.17) is 0 Å². The number of aromatic nitrogens is 5. The van der Waals surface area contributed by atoms with Crippen LogP contribution >= 0.6 is 0 Å². The Hall–Kier alpha value is -4.05. The summed E-state index contributed by atoms with van der Waals surface area (Å²) in [7, 11) is 0. The third-order valence-electron chi connectivity index (χ3n) is 5.20. The zero-order chi connectivity index (χ0) is 23.7. The predicted molar refractivity (Wildman–Crippen MR) is 124 cm³/mol. The molecule has 170 valence electrons. The first kappa shape index (κ1) is 22.2. The minimum Gasteiger partial charge on any atom is -0.391 e. The lowest BCUT2D eigenvalue weighted by Gasteiger charge is -2.10. The molecule has 0 fully saturated rings. The number of hydrogen-bond acceptors (Lipinski definition) is 6. The fourth-order valence-corrected chi connectivity index (χ4v) is 3.55. The minimum absolute atomic E-state index is 0.0857. The Morgan fingerprint density at radius 1 is 1.33 bits per heavy atom. The highest BCUT2D eigenvalue weighted by atomic mass is 19.1. The van der Waals surface area contributed by atoms with Crippen molar-refractivity contribution in [2.75, 3.05) is 10.6 Å². The van der Waals surface area contributed by atoms with E-state index in [0.717, 1.165) is 28.4 Å². The number of halogens is 1. The van der Waals surface area contributed by atoms with Gasteiger partial charge < -0.3 is 15.7 Å². The minimum atomic E-state index is -0.581. The van der Waals surface area contributed by atoms with Gasteiger partial charge in [0.05, 0.1) is 41.9 Å². The molecule has 0 aliphatic rings. The summed E-state index contributed by atoms with van der Waals surface area (Å²) in [5.74, 6) is -0.595. The number of nitrogens with zero attached hydrogens (tertiary/aromatic N) is 5. The monoisotopic (exact) mass is 449 g/mol. The Kier molecular flexibility index (Phi) is 5.93. The van der Waals surface area contributed by atoms with E-state index in [2.05, 4.69) is 32.3 Å². The van der Waals surface area contributed by atoms with E-state index >= 15 is 0 Å². The van der Waals surface area contributed by atoms with Crippen molar-refractivity contribution in [1.29, 1.82) is 0 Å². The standard InChI is InChI=1S/C23H24FN7O2/c1-5-21(33)27-16-6-7-20-17(8-16)13(2)11-30(20)22-18(24)9-25-23(29-22)28-19-10-26-31(15(19)4)12-14(3)32/h5-11,14,32H,1,12H2,2-4H3,(H,27,33)(H,25,28,29)/t14-/m0/s1. The second-order valence-corrected chi connectivity index (χ2v) is 7.77. The summed E-state index contributed by atoms with van der Waals surface area (Å²) in [6, 6.07) is 5.35. The number of anilines is 3. The number of aryl methyl sites for hydroxylation is 1. The molecule has 3 heterocycles. The maximum absolute atomic E-state index is 14.8. The summed E-state index contributed by atoms with van der Waals surface area (Å²) in [6.45, 7) is 9.24. The van der Waals surface area contributed by atoms with Gasteiger partial charge in [-0.3, -0.25) is 14.0 Å². The Labute approximate surface area is 189 Å². The van der Waals surface area contributed by atoms with Gasteiger partial charge in [-0.15, -0.1) is 0 Å². The lowest BCUT2D eigenvalue weighted by atomic mass is 10.2. The van der Waals surface area contributed by atoms with E-state index in [-0.39, 0.29) is 17.7 Å². The molecule has 0 saturated carbocycles. The van der Waals surface area contributed by atoms with Crippen molar-refractivity contribution >= 4 is 34.1 Å². The van der Waals surface area contributed by atoms with Crippen LogP contribution in [0.15, 0.2) is 49.4 Å². The van der Waals surface area contributed by atoms with E-state index in [1.165, 1.54) is 6.08 Å². The topological polar surface area (TPSA) is 110 Å². The molecule has 0 saturated heterocycles. The van der Waals surface area contributed by atoms with Crippen LogP contribution in [0, 0.1) is 19.7 Å². The molecule has 0 radical (unpaired) electrons. The molecule has 1 atom stereocenters. The first-order chi connectivity index (χ1) is 15.8. The molecule has 0 bridgehead atoms. The quantitative estimate of drug-likeness (QED) is 0.372. The number of carbonyl (C=O) groups is 1. The van der Waals surface area contributed by atoms with Crippen LogP contribution in [0.3, 0.4) is 0 Å². The highest BCUT2D eigenvalue weighted by Gasteiger charge is 2.16. The van der Waals surface area contributed by atoms with Crippen molar-refractivity contribution in [2.45, 2.75) is 33.4 Å². The average molecular weight is 449 g/mol. The van der Waals surface area contributed by atoms with E-state index in [0.29, 0.717) is 17.9 Å². The van der Waals surface area contributed by atoms with Crippen LogP contribution in [0.5, 0.6) is 0 Å². The van der Waals surface area contributed by atoms with Crippen molar-refractivity contribution in [3.05, 3.63) is 66.5 Å². The molecule has 1 aromatic carbocycles. The number of benzene rings is 1. The number of carbonyl (C=O) groups excluding carboxylic acids is 1. The Balaban J connectivity index is 1.69. The lowest BCUT2D eigenvalue weighted by Crippen LogP contribution is -2.14. The number of amides is 1. The number of aliphatic hydroxyl groups is 1. The largest absolute Gasteiger partial charge is 0.391 e. The van der Waals surface area contributed by atoms with Crippen LogP contribution in [-0.2, 0) is 11.3 Å². The molecule has 1 amide bonds. The van der Waals surface area contributed by atoms with Crippen molar-refractivity contribution in [3.8, 4) is 5.82 Å². The third kappa shape index (κ3) is 4.46. The summed E-state index contributed by atoms with van der Waals surface area (Å²) in [6.07, 6.45) is 5.16. The molecule has 33 heavy (non-hydrogen) atoms. The second kappa shape index (κ2) is 8.83. The Bertz CT molecular complexity index is 1360. The molecule has 0 aliphatic heterocycles. The van der Waals surface area contributed by atoms with Gasteiger partial charge in [0, 0.05) is 17.3 Å². The summed E-state index contributed by atoms with van der Waals surface area (Å²) < 4.78 is 18.1. The smallest absolute Gasteiger partial charge is 0.247 e. The molecule has 4 aromatic rings. The van der Waals surface area contributed by atoms with Crippen LogP contribution in [0.25, 0.3) is 16.7 Å². The SMILES string of the molecule is C=CC(=O)Nc1ccc2c(c1)c(C)cn2-c1nc(Nc2cnn(C[C@H](C)O)c2C)ncc1F. The van der Waals surface area contributed by atoms with Crippen LogP contribution < -0.4 is 10.6 Å². The molecular formula is C23H24FN7O2. The zero-order valence-corrected chi connectivity index (χ0v) is 18.5. The molecular weight excluding hydrogens is 425 g/mol. The lowest BCUT2D eigenvalue weighted by molar-refractivity contribution is -0.111. The first-order valence-electron chi connectivity index (χ1n) is 10.3. The fourth-order valence-electron chi connectivity index (χ4n) is 3.55. The third-order valence-corrected chi connectivity index (χ3v) is 5.20. The van der Waals surface area contributed by atoms with Gasteiger partial charge >= 0.3 is 0 Å². The Morgan fingerprint density at radius 2 is 2.12 bits per heavy atom. The van der Waals surface area contributed by atoms with Gasteiger partial charge in [0.1, 0.15) is 0 Å². The van der Waals surface area contributed by atoms with Crippen molar-refractivity contribution < 1.29 is 14.3 Å². The summed E-state index contributed by atoms with van der Waals surface area (Å²) in [5, 5.41) is 20.5. The molecule has 9 nitrogen and oxygen atoms in total. The normalized spacial score (nSPS) is 12.0. The molecule has 4 rings (SSSR count). The molecule has 0 unspecified atom stereocenters. The summed E-state index contributed by atoms with van der Waals surface area (Å²) >= 11 is 0. The van der Waals surface area contributed by atoms with Crippen molar-refractivity contribution in [3.63, 3.8) is 0 Å². The molecule has 3 aromatic heterocycles. The number of nitrogens with one attached hydrogen (secondary N) is 2.